The number of nitrogens with one attached hydrogen (secondary N) is 2. The summed E-state index contributed by atoms with van der Waals surface area (Å²) >= 11 is 1.30. The number of esters is 1. The molecule has 3 heterocycles. The van der Waals surface area contributed by atoms with Crippen LogP contribution in [0.15, 0.2) is 59.2 Å². The molecule has 11 heteroatoms. The Labute approximate surface area is 199 Å². The number of pyridine rings is 1. The molecule has 0 fully saturated rings. The monoisotopic (exact) mass is 482 g/mol. The number of ether oxygens (including phenoxy) is 1. The summed E-state index contributed by atoms with van der Waals surface area (Å²) in [6, 6.07) is 7.11. The largest absolute Gasteiger partial charge is 0.469 e. The highest BCUT2D eigenvalue weighted by molar-refractivity contribution is 7.99. The van der Waals surface area contributed by atoms with Crippen LogP contribution in [0.5, 0.6) is 0 Å². The van der Waals surface area contributed by atoms with Crippen molar-refractivity contribution in [3.63, 3.8) is 0 Å². The number of hydrogen-bond donors (Lipinski definition) is 2. The van der Waals surface area contributed by atoms with E-state index in [0.717, 1.165) is 5.56 Å². The lowest BCUT2D eigenvalue weighted by atomic mass is 9.95. The zero-order valence-electron chi connectivity index (χ0n) is 18.8. The molecule has 176 valence electrons. The zero-order chi connectivity index (χ0) is 24.2. The van der Waals surface area contributed by atoms with E-state index in [1.54, 1.807) is 36.1 Å². The summed E-state index contributed by atoms with van der Waals surface area (Å²) in [4.78, 5) is 33.5. The number of carbonyl (C=O) groups excluding carboxylic acids is 2. The number of methoxy groups -OCH3 is 1. The molecular weight excluding hydrogens is 459 g/mol. The number of nitrogens with zero attached hydrogens (tertiary/aromatic N) is 4. The Kier molecular flexibility index (Phi) is 6.92. The smallest absolute Gasteiger partial charge is 0.306 e. The highest BCUT2D eigenvalue weighted by Crippen LogP contribution is 2.36. The molecule has 0 aliphatic carbocycles. The molecule has 0 radical (unpaired) electrons. The van der Waals surface area contributed by atoms with Crippen molar-refractivity contribution in [3.8, 4) is 0 Å². The van der Waals surface area contributed by atoms with Crippen LogP contribution in [-0.2, 0) is 14.3 Å². The van der Waals surface area contributed by atoms with Gasteiger partial charge in [0, 0.05) is 17.6 Å². The lowest BCUT2D eigenvalue weighted by molar-refractivity contribution is -0.140. The number of benzene rings is 1. The molecule has 4 rings (SSSR count). The van der Waals surface area contributed by atoms with Crippen molar-refractivity contribution in [1.82, 2.24) is 19.7 Å². The number of carbonyl (C=O) groups is 2. The first-order chi connectivity index (χ1) is 16.4. The van der Waals surface area contributed by atoms with Gasteiger partial charge in [0.2, 0.25) is 11.1 Å². The van der Waals surface area contributed by atoms with E-state index < -0.39 is 6.04 Å². The molecule has 9 nitrogen and oxygen atoms in total. The summed E-state index contributed by atoms with van der Waals surface area (Å²) in [7, 11) is 1.34. The summed E-state index contributed by atoms with van der Waals surface area (Å²) in [6.07, 6.45) is 3.49. The number of fused-ring (bicyclic) bond motifs is 1. The minimum Gasteiger partial charge on any atom is -0.469 e. The summed E-state index contributed by atoms with van der Waals surface area (Å²) < 4.78 is 19.9. The number of halogens is 1. The molecule has 1 aromatic carbocycles. The van der Waals surface area contributed by atoms with Crippen LogP contribution in [0.3, 0.4) is 0 Å². The number of rotatable bonds is 7. The summed E-state index contributed by atoms with van der Waals surface area (Å²) in [5.74, 6) is -0.153. The average molecular weight is 483 g/mol. The van der Waals surface area contributed by atoms with Crippen LogP contribution in [-0.4, -0.2) is 44.5 Å². The van der Waals surface area contributed by atoms with Crippen molar-refractivity contribution >= 4 is 35.3 Å². The molecule has 0 bridgehead atoms. The summed E-state index contributed by atoms with van der Waals surface area (Å²) in [5.41, 5.74) is 3.15. The first-order valence-electron chi connectivity index (χ1n) is 10.5. The van der Waals surface area contributed by atoms with Gasteiger partial charge in [0.05, 0.1) is 31.0 Å². The second-order valence-electron chi connectivity index (χ2n) is 7.66. The predicted octanol–water partition coefficient (Wildman–Crippen LogP) is 3.70. The molecule has 1 amide bonds. The van der Waals surface area contributed by atoms with Crippen LogP contribution >= 0.6 is 11.8 Å². The van der Waals surface area contributed by atoms with Gasteiger partial charge >= 0.3 is 5.97 Å². The number of hydrogen-bond acceptors (Lipinski definition) is 8. The standard InChI is InChI=1S/C23H23FN6O3S/c1-13-10-17(12-25-11-13)27-21(32)19-14(2)26-22-28-23(34-9-8-18(31)33-3)29-30(22)20(19)15-4-6-16(24)7-5-15/h4-7,10-12,20H,8-9H2,1-3H3,(H,27,32)(H,26,28,29). The second kappa shape index (κ2) is 10.0. The van der Waals surface area contributed by atoms with Gasteiger partial charge in [0.15, 0.2) is 0 Å². The van der Waals surface area contributed by atoms with Crippen molar-refractivity contribution in [2.24, 2.45) is 0 Å². The molecule has 2 aromatic heterocycles. The van der Waals surface area contributed by atoms with Gasteiger partial charge in [0.25, 0.3) is 5.91 Å². The van der Waals surface area contributed by atoms with E-state index in [1.807, 2.05) is 13.0 Å². The molecule has 0 saturated heterocycles. The minimum absolute atomic E-state index is 0.218. The van der Waals surface area contributed by atoms with Crippen molar-refractivity contribution < 1.29 is 18.7 Å². The summed E-state index contributed by atoms with van der Waals surface area (Å²) in [5, 5.41) is 11.1. The fourth-order valence-corrected chi connectivity index (χ4v) is 4.34. The highest BCUT2D eigenvalue weighted by Gasteiger charge is 2.34. The highest BCUT2D eigenvalue weighted by atomic mass is 32.2. The van der Waals surface area contributed by atoms with Crippen molar-refractivity contribution in [2.75, 3.05) is 23.5 Å². The Morgan fingerprint density at radius 2 is 2.00 bits per heavy atom. The molecule has 1 atom stereocenters. The lowest BCUT2D eigenvalue weighted by Gasteiger charge is -2.28. The van der Waals surface area contributed by atoms with Crippen molar-refractivity contribution in [1.29, 1.82) is 0 Å². The number of anilines is 2. The third-order valence-corrected chi connectivity index (χ3v) is 6.00. The van der Waals surface area contributed by atoms with Gasteiger partial charge in [0.1, 0.15) is 11.9 Å². The third-order valence-electron chi connectivity index (χ3n) is 5.16. The molecule has 1 aliphatic rings. The number of aromatic nitrogens is 4. The lowest BCUT2D eigenvalue weighted by Crippen LogP contribution is -2.31. The fraction of sp³-hybridized carbons (Fsp3) is 0.261. The van der Waals surface area contributed by atoms with E-state index >= 15 is 0 Å². The molecular formula is C23H23FN6O3S. The summed E-state index contributed by atoms with van der Waals surface area (Å²) in [6.45, 7) is 3.67. The Morgan fingerprint density at radius 1 is 1.24 bits per heavy atom. The normalized spacial score (nSPS) is 14.9. The van der Waals surface area contributed by atoms with Gasteiger partial charge < -0.3 is 15.4 Å². The molecule has 1 unspecified atom stereocenters. The number of thioether (sulfide) groups is 1. The fourth-order valence-electron chi connectivity index (χ4n) is 3.59. The number of allylic oxidation sites excluding steroid dienone is 1. The molecule has 2 N–H and O–H groups in total. The SMILES string of the molecule is COC(=O)CCSc1nc2n(n1)C(c1ccc(F)cc1)C(C(=O)Nc1cncc(C)c1)=C(C)N2. The maximum Gasteiger partial charge on any atom is 0.306 e. The van der Waals surface area contributed by atoms with Crippen LogP contribution in [0.1, 0.15) is 30.5 Å². The Hall–Kier alpha value is -3.73. The third kappa shape index (κ3) is 5.09. The molecule has 0 spiro atoms. The second-order valence-corrected chi connectivity index (χ2v) is 8.72. The minimum atomic E-state index is -0.642. The van der Waals surface area contributed by atoms with E-state index in [2.05, 4.69) is 30.4 Å². The van der Waals surface area contributed by atoms with Crippen LogP contribution in [0.2, 0.25) is 0 Å². The molecule has 0 saturated carbocycles. The molecule has 1 aliphatic heterocycles. The average Bonchev–Trinajstić information content (AvgIpc) is 3.20. The van der Waals surface area contributed by atoms with Crippen LogP contribution in [0.25, 0.3) is 0 Å². The first kappa shape index (κ1) is 23.4. The van der Waals surface area contributed by atoms with Gasteiger partial charge in [-0.2, -0.15) is 4.98 Å². The topological polar surface area (TPSA) is 111 Å². The van der Waals surface area contributed by atoms with Crippen LogP contribution in [0.4, 0.5) is 16.0 Å². The predicted molar refractivity (Wildman–Crippen MR) is 126 cm³/mol. The van der Waals surface area contributed by atoms with E-state index in [9.17, 15) is 14.0 Å². The maximum absolute atomic E-state index is 13.7. The van der Waals surface area contributed by atoms with Gasteiger partial charge in [-0.05, 0) is 43.2 Å². The quantitative estimate of drug-likeness (QED) is 0.387. The first-order valence-corrected chi connectivity index (χ1v) is 11.5. The Balaban J connectivity index is 1.68. The van der Waals surface area contributed by atoms with Crippen molar-refractivity contribution in [3.05, 3.63) is 70.9 Å². The van der Waals surface area contributed by atoms with Gasteiger partial charge in [-0.25, -0.2) is 9.07 Å². The Bertz CT molecular complexity index is 1260. The molecule has 34 heavy (non-hydrogen) atoms. The van der Waals surface area contributed by atoms with E-state index in [-0.39, 0.29) is 24.1 Å². The Morgan fingerprint density at radius 3 is 2.71 bits per heavy atom. The van der Waals surface area contributed by atoms with E-state index in [0.29, 0.717) is 39.4 Å². The maximum atomic E-state index is 13.7. The van der Waals surface area contributed by atoms with Gasteiger partial charge in [-0.1, -0.05) is 23.9 Å². The van der Waals surface area contributed by atoms with Crippen LogP contribution in [0, 0.1) is 12.7 Å². The van der Waals surface area contributed by atoms with Crippen LogP contribution < -0.4 is 10.6 Å². The zero-order valence-corrected chi connectivity index (χ0v) is 19.6. The number of amides is 1. The van der Waals surface area contributed by atoms with Gasteiger partial charge in [-0.15, -0.1) is 5.10 Å². The molecule has 3 aromatic rings. The van der Waals surface area contributed by atoms with Gasteiger partial charge in [-0.3, -0.25) is 14.6 Å². The number of aryl methyl sites for hydroxylation is 1. The van der Waals surface area contributed by atoms with Crippen molar-refractivity contribution in [2.45, 2.75) is 31.5 Å². The van der Waals surface area contributed by atoms with E-state index in [4.69, 9.17) is 0 Å². The van der Waals surface area contributed by atoms with E-state index in [1.165, 1.54) is 31.0 Å².